The lowest BCUT2D eigenvalue weighted by Crippen LogP contribution is -1.97. The summed E-state index contributed by atoms with van der Waals surface area (Å²) < 4.78 is 0. The molecule has 2 rings (SSSR count). The predicted octanol–water partition coefficient (Wildman–Crippen LogP) is 1.40. The van der Waals surface area contributed by atoms with E-state index >= 15 is 0 Å². The maximum Gasteiger partial charge on any atom is 0.222 e. The first kappa shape index (κ1) is 6.58. The van der Waals surface area contributed by atoms with Crippen LogP contribution in [-0.2, 0) is 0 Å². The van der Waals surface area contributed by atoms with E-state index in [2.05, 4.69) is 15.3 Å². The average molecular weight is 149 g/mol. The zero-order valence-electron chi connectivity index (χ0n) is 6.54. The highest BCUT2D eigenvalue weighted by molar-refractivity contribution is 5.26. The maximum absolute atomic E-state index is 4.33. The van der Waals surface area contributed by atoms with E-state index in [9.17, 15) is 0 Å². The molecule has 3 nitrogen and oxygen atoms in total. The van der Waals surface area contributed by atoms with Crippen molar-refractivity contribution >= 4 is 5.95 Å². The zero-order valence-corrected chi connectivity index (χ0v) is 6.54. The minimum absolute atomic E-state index is 0.713. The first-order valence-electron chi connectivity index (χ1n) is 3.91. The molecule has 0 amide bonds. The summed E-state index contributed by atoms with van der Waals surface area (Å²) in [6, 6.07) is 2.00. The molecule has 0 aromatic carbocycles. The zero-order chi connectivity index (χ0) is 7.68. The Labute approximate surface area is 65.9 Å². The van der Waals surface area contributed by atoms with Crippen molar-refractivity contribution in [3.05, 3.63) is 18.0 Å². The lowest BCUT2D eigenvalue weighted by Gasteiger charge is -1.99. The minimum atomic E-state index is 0.713. The third kappa shape index (κ3) is 1.31. The van der Waals surface area contributed by atoms with Gasteiger partial charge >= 0.3 is 0 Å². The van der Waals surface area contributed by atoms with Crippen LogP contribution in [0.15, 0.2) is 12.3 Å². The third-order valence-electron chi connectivity index (χ3n) is 1.90. The Bertz CT molecular complexity index is 255. The van der Waals surface area contributed by atoms with Crippen molar-refractivity contribution in [2.75, 3.05) is 12.4 Å². The summed E-state index contributed by atoms with van der Waals surface area (Å²) >= 11 is 0. The van der Waals surface area contributed by atoms with Gasteiger partial charge in [-0.15, -0.1) is 0 Å². The van der Waals surface area contributed by atoms with Crippen LogP contribution in [0.2, 0.25) is 0 Å². The molecular formula is C8H11N3. The molecule has 1 N–H and O–H groups in total. The summed E-state index contributed by atoms with van der Waals surface area (Å²) in [6.45, 7) is 0. The number of aromatic nitrogens is 2. The monoisotopic (exact) mass is 149 g/mol. The summed E-state index contributed by atoms with van der Waals surface area (Å²) in [7, 11) is 1.84. The highest BCUT2D eigenvalue weighted by atomic mass is 15.1. The lowest BCUT2D eigenvalue weighted by molar-refractivity contribution is 0.989. The van der Waals surface area contributed by atoms with Crippen LogP contribution >= 0.6 is 0 Å². The SMILES string of the molecule is CNc1nccc(C2CC2)n1. The number of hydrogen-bond donors (Lipinski definition) is 1. The Morgan fingerprint density at radius 3 is 3.00 bits per heavy atom. The maximum atomic E-state index is 4.33. The lowest BCUT2D eigenvalue weighted by atomic mass is 10.3. The quantitative estimate of drug-likeness (QED) is 0.690. The molecule has 1 aliphatic rings. The normalized spacial score (nSPS) is 16.5. The van der Waals surface area contributed by atoms with Crippen molar-refractivity contribution in [2.45, 2.75) is 18.8 Å². The van der Waals surface area contributed by atoms with Gasteiger partial charge < -0.3 is 5.32 Å². The van der Waals surface area contributed by atoms with Gasteiger partial charge in [0.15, 0.2) is 0 Å². The van der Waals surface area contributed by atoms with Gasteiger partial charge in [0.1, 0.15) is 0 Å². The van der Waals surface area contributed by atoms with Crippen molar-refractivity contribution in [3.8, 4) is 0 Å². The van der Waals surface area contributed by atoms with Crippen LogP contribution in [0.3, 0.4) is 0 Å². The molecular weight excluding hydrogens is 138 g/mol. The van der Waals surface area contributed by atoms with E-state index in [4.69, 9.17) is 0 Å². The molecule has 0 aliphatic heterocycles. The molecule has 1 aromatic heterocycles. The largest absolute Gasteiger partial charge is 0.357 e. The fourth-order valence-corrected chi connectivity index (χ4v) is 1.10. The Balaban J connectivity index is 2.26. The van der Waals surface area contributed by atoms with Gasteiger partial charge in [0.2, 0.25) is 5.95 Å². The number of anilines is 1. The molecule has 1 heterocycles. The van der Waals surface area contributed by atoms with E-state index in [1.807, 2.05) is 19.3 Å². The first-order chi connectivity index (χ1) is 5.40. The van der Waals surface area contributed by atoms with E-state index in [1.54, 1.807) is 0 Å². The molecule has 1 aromatic rings. The van der Waals surface area contributed by atoms with Crippen LogP contribution in [0.4, 0.5) is 5.95 Å². The molecule has 0 saturated heterocycles. The number of nitrogens with zero attached hydrogens (tertiary/aromatic N) is 2. The van der Waals surface area contributed by atoms with Crippen molar-refractivity contribution < 1.29 is 0 Å². The smallest absolute Gasteiger partial charge is 0.222 e. The predicted molar refractivity (Wildman–Crippen MR) is 43.6 cm³/mol. The Hall–Kier alpha value is -1.12. The summed E-state index contributed by atoms with van der Waals surface area (Å²) in [6.07, 6.45) is 4.40. The van der Waals surface area contributed by atoms with E-state index in [0.717, 1.165) is 5.95 Å². The highest BCUT2D eigenvalue weighted by Crippen LogP contribution is 2.38. The molecule has 3 heteroatoms. The van der Waals surface area contributed by atoms with E-state index < -0.39 is 0 Å². The number of nitrogens with one attached hydrogen (secondary N) is 1. The molecule has 58 valence electrons. The molecule has 0 spiro atoms. The van der Waals surface area contributed by atoms with Crippen LogP contribution in [-0.4, -0.2) is 17.0 Å². The molecule has 0 unspecified atom stereocenters. The fraction of sp³-hybridized carbons (Fsp3) is 0.500. The van der Waals surface area contributed by atoms with Gasteiger partial charge in [0.05, 0.1) is 0 Å². The number of rotatable bonds is 2. The van der Waals surface area contributed by atoms with Gasteiger partial charge in [-0.05, 0) is 18.9 Å². The topological polar surface area (TPSA) is 37.8 Å². The molecule has 1 fully saturated rings. The van der Waals surface area contributed by atoms with E-state index in [1.165, 1.54) is 18.5 Å². The van der Waals surface area contributed by atoms with Gasteiger partial charge in [-0.2, -0.15) is 0 Å². The molecule has 1 aliphatic carbocycles. The second kappa shape index (κ2) is 2.49. The number of hydrogen-bond acceptors (Lipinski definition) is 3. The third-order valence-corrected chi connectivity index (χ3v) is 1.90. The summed E-state index contributed by atoms with van der Waals surface area (Å²) in [5.74, 6) is 1.44. The van der Waals surface area contributed by atoms with Crippen molar-refractivity contribution in [3.63, 3.8) is 0 Å². The van der Waals surface area contributed by atoms with Crippen molar-refractivity contribution in [1.29, 1.82) is 0 Å². The van der Waals surface area contributed by atoms with Crippen LogP contribution in [0.25, 0.3) is 0 Å². The minimum Gasteiger partial charge on any atom is -0.357 e. The van der Waals surface area contributed by atoms with E-state index in [0.29, 0.717) is 5.92 Å². The van der Waals surface area contributed by atoms with Crippen molar-refractivity contribution in [2.24, 2.45) is 0 Å². The second-order valence-electron chi connectivity index (χ2n) is 2.83. The highest BCUT2D eigenvalue weighted by Gasteiger charge is 2.24. The molecule has 0 atom stereocenters. The molecule has 1 saturated carbocycles. The van der Waals surface area contributed by atoms with Gasteiger partial charge in [-0.25, -0.2) is 9.97 Å². The first-order valence-corrected chi connectivity index (χ1v) is 3.91. The van der Waals surface area contributed by atoms with Crippen molar-refractivity contribution in [1.82, 2.24) is 9.97 Å². The van der Waals surface area contributed by atoms with Crippen LogP contribution in [0.5, 0.6) is 0 Å². The Kier molecular flexibility index (Phi) is 1.49. The molecule has 0 bridgehead atoms. The summed E-state index contributed by atoms with van der Waals surface area (Å²) in [4.78, 5) is 8.38. The van der Waals surface area contributed by atoms with Gasteiger partial charge in [-0.1, -0.05) is 0 Å². The molecule has 0 radical (unpaired) electrons. The summed E-state index contributed by atoms with van der Waals surface area (Å²) in [5, 5.41) is 2.93. The molecule has 11 heavy (non-hydrogen) atoms. The average Bonchev–Trinajstić information content (AvgIpc) is 2.87. The Morgan fingerprint density at radius 2 is 2.36 bits per heavy atom. The van der Waals surface area contributed by atoms with Crippen LogP contribution in [0.1, 0.15) is 24.5 Å². The van der Waals surface area contributed by atoms with Crippen LogP contribution < -0.4 is 5.32 Å². The van der Waals surface area contributed by atoms with Crippen LogP contribution in [0, 0.1) is 0 Å². The fourth-order valence-electron chi connectivity index (χ4n) is 1.10. The second-order valence-corrected chi connectivity index (χ2v) is 2.83. The summed E-state index contributed by atoms with van der Waals surface area (Å²) in [5.41, 5.74) is 1.18. The standard InChI is InChI=1S/C8H11N3/c1-9-8-10-5-4-7(11-8)6-2-3-6/h4-6H,2-3H2,1H3,(H,9,10,11). The van der Waals surface area contributed by atoms with Gasteiger partial charge in [-0.3, -0.25) is 0 Å². The Morgan fingerprint density at radius 1 is 1.55 bits per heavy atom. The van der Waals surface area contributed by atoms with Gasteiger partial charge in [0.25, 0.3) is 0 Å². The van der Waals surface area contributed by atoms with E-state index in [-0.39, 0.29) is 0 Å². The van der Waals surface area contributed by atoms with Gasteiger partial charge in [0, 0.05) is 24.9 Å².